The van der Waals surface area contributed by atoms with Crippen LogP contribution in [-0.4, -0.2) is 41.5 Å². The summed E-state index contributed by atoms with van der Waals surface area (Å²) in [5, 5.41) is 2.94. The summed E-state index contributed by atoms with van der Waals surface area (Å²) in [6.07, 6.45) is 5.41. The van der Waals surface area contributed by atoms with Gasteiger partial charge in [-0.3, -0.25) is 14.0 Å². The number of nitrogens with zero attached hydrogens (tertiary/aromatic N) is 1. The molecule has 120 valence electrons. The third kappa shape index (κ3) is 3.22. The first-order valence-electron chi connectivity index (χ1n) is 8.19. The second-order valence-electron chi connectivity index (χ2n) is 6.78. The second kappa shape index (κ2) is 6.75. The summed E-state index contributed by atoms with van der Waals surface area (Å²) in [5.74, 6) is 0.299. The lowest BCUT2D eigenvalue weighted by Gasteiger charge is -2.50. The molecule has 2 fully saturated rings. The molecule has 1 heterocycles. The van der Waals surface area contributed by atoms with E-state index in [-0.39, 0.29) is 11.8 Å². The van der Waals surface area contributed by atoms with E-state index in [4.69, 9.17) is 0 Å². The Bertz CT molecular complexity index is 392. The Morgan fingerprint density at radius 2 is 1.95 bits per heavy atom. The molecular weight excluding hydrogens is 271 g/mol. The molecule has 0 aromatic rings. The molecular formula is C16H27FN2O2. The van der Waals surface area contributed by atoms with Crippen LogP contribution in [0.4, 0.5) is 4.39 Å². The molecule has 1 atom stereocenters. The summed E-state index contributed by atoms with van der Waals surface area (Å²) in [5.41, 5.74) is -0.710. The Balaban J connectivity index is 2.23. The fraction of sp³-hybridized carbons (Fsp3) is 0.875. The number of nitrogens with one attached hydrogen (secondary N) is 1. The molecule has 2 aliphatic rings. The van der Waals surface area contributed by atoms with E-state index < -0.39 is 18.3 Å². The minimum Gasteiger partial charge on any atom is -0.342 e. The fourth-order valence-corrected chi connectivity index (χ4v) is 3.68. The number of amides is 2. The smallest absolute Gasteiger partial charge is 0.246 e. The monoisotopic (exact) mass is 298 g/mol. The summed E-state index contributed by atoms with van der Waals surface area (Å²) in [4.78, 5) is 27.2. The van der Waals surface area contributed by atoms with E-state index in [0.29, 0.717) is 38.1 Å². The maximum absolute atomic E-state index is 12.8. The van der Waals surface area contributed by atoms with Crippen LogP contribution in [0.5, 0.6) is 0 Å². The summed E-state index contributed by atoms with van der Waals surface area (Å²) >= 11 is 0. The molecule has 2 rings (SSSR count). The Kier molecular flexibility index (Phi) is 5.22. The van der Waals surface area contributed by atoms with E-state index >= 15 is 0 Å². The quantitative estimate of drug-likeness (QED) is 0.847. The minimum atomic E-state index is -0.710. The Labute approximate surface area is 126 Å². The lowest BCUT2D eigenvalue weighted by molar-refractivity contribution is -0.160. The van der Waals surface area contributed by atoms with Gasteiger partial charge in [-0.1, -0.05) is 33.1 Å². The number of alkyl halides is 1. The highest BCUT2D eigenvalue weighted by Gasteiger charge is 2.52. The maximum Gasteiger partial charge on any atom is 0.246 e. The first-order valence-corrected chi connectivity index (χ1v) is 8.19. The number of piperazine rings is 1. The molecule has 1 saturated carbocycles. The number of hydrogen-bond donors (Lipinski definition) is 1. The average molecular weight is 298 g/mol. The Hall–Kier alpha value is -1.13. The highest BCUT2D eigenvalue weighted by molar-refractivity contribution is 5.99. The van der Waals surface area contributed by atoms with Gasteiger partial charge in [0, 0.05) is 6.54 Å². The van der Waals surface area contributed by atoms with Crippen LogP contribution in [0.1, 0.15) is 58.8 Å². The molecule has 4 nitrogen and oxygen atoms in total. The first-order chi connectivity index (χ1) is 10.0. The molecule has 1 unspecified atom stereocenters. The van der Waals surface area contributed by atoms with E-state index in [1.54, 1.807) is 4.90 Å². The van der Waals surface area contributed by atoms with Crippen molar-refractivity contribution in [2.24, 2.45) is 5.92 Å². The SMILES string of the molecule is CC(C)CC1NC(=O)C2(CCCCC2)N(CCCF)C1=O. The molecule has 21 heavy (non-hydrogen) atoms. The van der Waals surface area contributed by atoms with Crippen LogP contribution >= 0.6 is 0 Å². The zero-order valence-electron chi connectivity index (χ0n) is 13.2. The highest BCUT2D eigenvalue weighted by atomic mass is 19.1. The second-order valence-corrected chi connectivity index (χ2v) is 6.78. The molecule has 1 saturated heterocycles. The highest BCUT2D eigenvalue weighted by Crippen LogP contribution is 2.37. The summed E-state index contributed by atoms with van der Waals surface area (Å²) in [6, 6.07) is -0.440. The number of carbonyl (C=O) groups excluding carboxylic acids is 2. The van der Waals surface area contributed by atoms with E-state index in [9.17, 15) is 14.0 Å². The van der Waals surface area contributed by atoms with Gasteiger partial charge in [0.1, 0.15) is 11.6 Å². The predicted octanol–water partition coefficient (Wildman–Crippen LogP) is 2.42. The molecule has 1 aliphatic heterocycles. The fourth-order valence-electron chi connectivity index (χ4n) is 3.68. The van der Waals surface area contributed by atoms with Crippen LogP contribution in [-0.2, 0) is 9.59 Å². The van der Waals surface area contributed by atoms with Gasteiger partial charge in [0.05, 0.1) is 6.67 Å². The van der Waals surface area contributed by atoms with Crippen LogP contribution in [0.15, 0.2) is 0 Å². The van der Waals surface area contributed by atoms with Gasteiger partial charge >= 0.3 is 0 Å². The van der Waals surface area contributed by atoms with Crippen molar-refractivity contribution < 1.29 is 14.0 Å². The van der Waals surface area contributed by atoms with Gasteiger partial charge in [-0.15, -0.1) is 0 Å². The van der Waals surface area contributed by atoms with Gasteiger partial charge in [-0.25, -0.2) is 0 Å². The molecule has 0 aromatic heterocycles. The molecule has 0 bridgehead atoms. The third-order valence-corrected chi connectivity index (χ3v) is 4.71. The molecule has 2 amide bonds. The predicted molar refractivity (Wildman–Crippen MR) is 79.5 cm³/mol. The van der Waals surface area contributed by atoms with Crippen molar-refractivity contribution in [1.82, 2.24) is 10.2 Å². The van der Waals surface area contributed by atoms with Crippen molar-refractivity contribution >= 4 is 11.8 Å². The van der Waals surface area contributed by atoms with Crippen molar-refractivity contribution in [3.05, 3.63) is 0 Å². The zero-order valence-corrected chi connectivity index (χ0v) is 13.2. The van der Waals surface area contributed by atoms with Crippen molar-refractivity contribution in [2.45, 2.75) is 70.4 Å². The van der Waals surface area contributed by atoms with Crippen LogP contribution < -0.4 is 5.32 Å². The molecule has 5 heteroatoms. The molecule has 1 aliphatic carbocycles. The number of carbonyl (C=O) groups is 2. The van der Waals surface area contributed by atoms with Crippen molar-refractivity contribution in [3.63, 3.8) is 0 Å². The minimum absolute atomic E-state index is 0.0151. The molecule has 0 radical (unpaired) electrons. The maximum atomic E-state index is 12.8. The lowest BCUT2D eigenvalue weighted by Crippen LogP contribution is -2.71. The number of rotatable bonds is 5. The third-order valence-electron chi connectivity index (χ3n) is 4.71. The van der Waals surface area contributed by atoms with Crippen LogP contribution in [0.2, 0.25) is 0 Å². The number of halogens is 1. The summed E-state index contributed by atoms with van der Waals surface area (Å²) in [7, 11) is 0. The first kappa shape index (κ1) is 16.2. The average Bonchev–Trinajstić information content (AvgIpc) is 2.45. The lowest BCUT2D eigenvalue weighted by atomic mass is 9.77. The molecule has 0 aromatic carbocycles. The van der Waals surface area contributed by atoms with Gasteiger partial charge in [0.15, 0.2) is 0 Å². The normalized spacial score (nSPS) is 25.5. The largest absolute Gasteiger partial charge is 0.342 e. The van der Waals surface area contributed by atoms with Gasteiger partial charge in [0.2, 0.25) is 11.8 Å². The Morgan fingerprint density at radius 3 is 2.52 bits per heavy atom. The van der Waals surface area contributed by atoms with Crippen molar-refractivity contribution in [2.75, 3.05) is 13.2 Å². The Morgan fingerprint density at radius 1 is 1.29 bits per heavy atom. The summed E-state index contributed by atoms with van der Waals surface area (Å²) in [6.45, 7) is 3.99. The molecule has 1 N–H and O–H groups in total. The van der Waals surface area contributed by atoms with E-state index in [0.717, 1.165) is 19.3 Å². The van der Waals surface area contributed by atoms with Gasteiger partial charge in [-0.2, -0.15) is 0 Å². The summed E-state index contributed by atoms with van der Waals surface area (Å²) < 4.78 is 12.6. The zero-order chi connectivity index (χ0) is 15.5. The van der Waals surface area contributed by atoms with Crippen LogP contribution in [0, 0.1) is 5.92 Å². The van der Waals surface area contributed by atoms with Crippen molar-refractivity contribution in [1.29, 1.82) is 0 Å². The van der Waals surface area contributed by atoms with Gasteiger partial charge in [-0.05, 0) is 31.6 Å². The molecule has 1 spiro atoms. The van der Waals surface area contributed by atoms with Gasteiger partial charge in [0.25, 0.3) is 0 Å². The van der Waals surface area contributed by atoms with Crippen LogP contribution in [0.3, 0.4) is 0 Å². The van der Waals surface area contributed by atoms with Crippen LogP contribution in [0.25, 0.3) is 0 Å². The standard InChI is InChI=1S/C16H27FN2O2/c1-12(2)11-13-14(20)19(10-6-9-17)16(15(21)18-13)7-4-3-5-8-16/h12-13H,3-11H2,1-2H3,(H,18,21). The topological polar surface area (TPSA) is 49.4 Å². The van der Waals surface area contributed by atoms with E-state index in [1.165, 1.54) is 0 Å². The number of hydrogen-bond acceptors (Lipinski definition) is 2. The van der Waals surface area contributed by atoms with Gasteiger partial charge < -0.3 is 10.2 Å². The van der Waals surface area contributed by atoms with E-state index in [2.05, 4.69) is 5.32 Å². The van der Waals surface area contributed by atoms with Crippen molar-refractivity contribution in [3.8, 4) is 0 Å². The van der Waals surface area contributed by atoms with E-state index in [1.807, 2.05) is 13.8 Å².